The Hall–Kier alpha value is -6.84. The molecule has 0 aliphatic heterocycles. The van der Waals surface area contributed by atoms with E-state index < -0.39 is 0 Å². The molecule has 0 fully saturated rings. The summed E-state index contributed by atoms with van der Waals surface area (Å²) in [6, 6.07) is 66.9. The summed E-state index contributed by atoms with van der Waals surface area (Å²) in [5, 5.41) is 10.5. The van der Waals surface area contributed by atoms with E-state index in [2.05, 4.69) is 193 Å². The van der Waals surface area contributed by atoms with Gasteiger partial charge in [0.05, 0.1) is 22.6 Å². The van der Waals surface area contributed by atoms with E-state index in [1.165, 1.54) is 26.9 Å². The Morgan fingerprint density at radius 1 is 0.333 bits per heavy atom. The van der Waals surface area contributed by atoms with Crippen LogP contribution in [-0.4, -0.2) is 9.97 Å². The van der Waals surface area contributed by atoms with Gasteiger partial charge in [0, 0.05) is 21.9 Å². The van der Waals surface area contributed by atoms with Crippen molar-refractivity contribution >= 4 is 71.3 Å². The third kappa shape index (κ3) is 4.98. The van der Waals surface area contributed by atoms with E-state index >= 15 is 0 Å². The maximum Gasteiger partial charge on any atom is 0.235 e. The molecule has 0 radical (unpaired) electrons. The highest BCUT2D eigenvalue weighted by molar-refractivity contribution is 6.12. The van der Waals surface area contributed by atoms with Crippen LogP contribution in [0.1, 0.15) is 0 Å². The lowest BCUT2D eigenvalue weighted by Crippen LogP contribution is -2.15. The van der Waals surface area contributed by atoms with Crippen LogP contribution >= 0.6 is 0 Å². The van der Waals surface area contributed by atoms with E-state index in [0.29, 0.717) is 5.95 Å². The van der Waals surface area contributed by atoms with Gasteiger partial charge in [-0.2, -0.15) is 0 Å². The first-order valence-electron chi connectivity index (χ1n) is 17.3. The van der Waals surface area contributed by atoms with Gasteiger partial charge in [0.1, 0.15) is 0 Å². The second-order valence-corrected chi connectivity index (χ2v) is 13.0. The average molecular weight is 650 g/mol. The van der Waals surface area contributed by atoms with Crippen molar-refractivity contribution in [3.63, 3.8) is 0 Å². The van der Waals surface area contributed by atoms with Crippen molar-refractivity contribution in [2.24, 2.45) is 0 Å². The molecule has 10 aromatic rings. The number of rotatable bonds is 5. The second kappa shape index (κ2) is 11.9. The molecule has 0 spiro atoms. The van der Waals surface area contributed by atoms with Crippen LogP contribution in [0.5, 0.6) is 0 Å². The van der Waals surface area contributed by atoms with Gasteiger partial charge in [-0.05, 0) is 73.6 Å². The van der Waals surface area contributed by atoms with Gasteiger partial charge in [-0.1, -0.05) is 158 Å². The van der Waals surface area contributed by atoms with E-state index in [1.807, 2.05) is 0 Å². The lowest BCUT2D eigenvalue weighted by atomic mass is 9.94. The number of anilines is 3. The summed E-state index contributed by atoms with van der Waals surface area (Å²) < 4.78 is 0. The molecule has 0 unspecified atom stereocenters. The smallest absolute Gasteiger partial charge is 0.235 e. The minimum absolute atomic E-state index is 0.616. The lowest BCUT2D eigenvalue weighted by molar-refractivity contribution is 1.12. The molecule has 0 N–H and O–H groups in total. The minimum Gasteiger partial charge on any atom is -0.278 e. The van der Waals surface area contributed by atoms with E-state index in [0.717, 1.165) is 60.8 Å². The van der Waals surface area contributed by atoms with Gasteiger partial charge in [0.15, 0.2) is 0 Å². The molecule has 9 aromatic carbocycles. The third-order valence-electron chi connectivity index (χ3n) is 10.0. The Morgan fingerprint density at radius 2 is 0.961 bits per heavy atom. The molecule has 10 rings (SSSR count). The number of para-hydroxylation sites is 1. The summed E-state index contributed by atoms with van der Waals surface area (Å²) in [4.78, 5) is 13.2. The Kier molecular flexibility index (Phi) is 6.81. The van der Waals surface area contributed by atoms with Crippen molar-refractivity contribution in [2.45, 2.75) is 0 Å². The molecular weight excluding hydrogens is 619 g/mol. The topological polar surface area (TPSA) is 29.0 Å². The molecule has 0 amide bonds. The number of hydrogen-bond donors (Lipinski definition) is 0. The van der Waals surface area contributed by atoms with Crippen LogP contribution in [0.15, 0.2) is 188 Å². The fraction of sp³-hybridized carbons (Fsp3) is 0. The first-order chi connectivity index (χ1) is 25.3. The summed E-state index contributed by atoms with van der Waals surface area (Å²) in [6.07, 6.45) is 0. The van der Waals surface area contributed by atoms with Crippen molar-refractivity contribution in [3.05, 3.63) is 188 Å². The van der Waals surface area contributed by atoms with Gasteiger partial charge in [-0.3, -0.25) is 4.90 Å². The number of hydrogen-bond acceptors (Lipinski definition) is 3. The molecule has 0 bridgehead atoms. The summed E-state index contributed by atoms with van der Waals surface area (Å²) in [5.41, 5.74) is 7.12. The zero-order valence-electron chi connectivity index (χ0n) is 27.7. The monoisotopic (exact) mass is 649 g/mol. The number of benzene rings is 9. The maximum absolute atomic E-state index is 5.52. The third-order valence-corrected chi connectivity index (χ3v) is 10.0. The molecule has 3 heteroatoms. The highest BCUT2D eigenvalue weighted by atomic mass is 15.3. The van der Waals surface area contributed by atoms with Crippen molar-refractivity contribution < 1.29 is 0 Å². The fourth-order valence-electron chi connectivity index (χ4n) is 7.55. The zero-order valence-corrected chi connectivity index (χ0v) is 27.7. The maximum atomic E-state index is 5.52. The quantitative estimate of drug-likeness (QED) is 0.174. The Bertz CT molecular complexity index is 2930. The van der Waals surface area contributed by atoms with Crippen LogP contribution in [0.25, 0.3) is 76.4 Å². The Labute approximate surface area is 295 Å². The van der Waals surface area contributed by atoms with E-state index in [4.69, 9.17) is 9.97 Å². The second-order valence-electron chi connectivity index (χ2n) is 13.0. The molecule has 0 atom stereocenters. The van der Waals surface area contributed by atoms with Gasteiger partial charge in [-0.25, -0.2) is 9.97 Å². The van der Waals surface area contributed by atoms with E-state index in [-0.39, 0.29) is 0 Å². The molecule has 0 aliphatic carbocycles. The van der Waals surface area contributed by atoms with E-state index in [1.54, 1.807) is 0 Å². The molecule has 0 saturated heterocycles. The Balaban J connectivity index is 1.32. The predicted octanol–water partition coefficient (Wildman–Crippen LogP) is 13.0. The van der Waals surface area contributed by atoms with Crippen LogP contribution in [-0.2, 0) is 0 Å². The summed E-state index contributed by atoms with van der Waals surface area (Å²) in [7, 11) is 0. The first-order valence-corrected chi connectivity index (χ1v) is 17.3. The Morgan fingerprint density at radius 3 is 1.80 bits per heavy atom. The van der Waals surface area contributed by atoms with Crippen molar-refractivity contribution in [2.75, 3.05) is 4.90 Å². The summed E-state index contributed by atoms with van der Waals surface area (Å²) in [6.45, 7) is 0. The van der Waals surface area contributed by atoms with Crippen LogP contribution < -0.4 is 4.90 Å². The SMILES string of the molecule is c1ccc(-c2cc3c(ccc4ccccc43)cc2N(c2nc(-c3ccc4ccccc4c3)c3ccccc3n2)c2cccc3ccccc23)cc1. The number of nitrogens with zero attached hydrogens (tertiary/aromatic N) is 3. The highest BCUT2D eigenvalue weighted by Gasteiger charge is 2.24. The predicted molar refractivity (Wildman–Crippen MR) is 215 cm³/mol. The molecule has 51 heavy (non-hydrogen) atoms. The normalized spacial score (nSPS) is 11.5. The lowest BCUT2D eigenvalue weighted by Gasteiger charge is -2.28. The van der Waals surface area contributed by atoms with E-state index in [9.17, 15) is 0 Å². The van der Waals surface area contributed by atoms with Crippen molar-refractivity contribution in [1.82, 2.24) is 9.97 Å². The van der Waals surface area contributed by atoms with Crippen LogP contribution in [0.2, 0.25) is 0 Å². The molecule has 1 aromatic heterocycles. The molecule has 0 saturated carbocycles. The van der Waals surface area contributed by atoms with Gasteiger partial charge in [-0.15, -0.1) is 0 Å². The highest BCUT2D eigenvalue weighted by Crippen LogP contribution is 2.46. The van der Waals surface area contributed by atoms with Crippen LogP contribution in [0, 0.1) is 0 Å². The van der Waals surface area contributed by atoms with Gasteiger partial charge < -0.3 is 0 Å². The number of aromatic nitrogens is 2. The minimum atomic E-state index is 0.616. The van der Waals surface area contributed by atoms with Gasteiger partial charge in [0.2, 0.25) is 5.95 Å². The summed E-state index contributed by atoms with van der Waals surface area (Å²) >= 11 is 0. The molecule has 3 nitrogen and oxygen atoms in total. The van der Waals surface area contributed by atoms with Crippen molar-refractivity contribution in [3.8, 4) is 22.4 Å². The number of fused-ring (bicyclic) bond motifs is 6. The van der Waals surface area contributed by atoms with Crippen LogP contribution in [0.3, 0.4) is 0 Å². The largest absolute Gasteiger partial charge is 0.278 e. The molecule has 1 heterocycles. The fourth-order valence-corrected chi connectivity index (χ4v) is 7.55. The standard InChI is InChI=1S/C48H31N3/c1-2-14-34(15-3-1)43-31-42-37(27-26-35-17-6-8-20-39(35)42)30-46(43)51(45-24-12-19-33-16-7-9-21-40(33)45)48-49-44-23-11-10-22-41(44)47(50-48)38-28-25-32-13-4-5-18-36(32)29-38/h1-31H. The zero-order chi connectivity index (χ0) is 33.7. The average Bonchev–Trinajstić information content (AvgIpc) is 3.20. The first kappa shape index (κ1) is 29.1. The van der Waals surface area contributed by atoms with Crippen LogP contribution in [0.4, 0.5) is 17.3 Å². The summed E-state index contributed by atoms with van der Waals surface area (Å²) in [5.74, 6) is 0.616. The molecule has 238 valence electrons. The molecular formula is C48H31N3. The van der Waals surface area contributed by atoms with Crippen molar-refractivity contribution in [1.29, 1.82) is 0 Å². The van der Waals surface area contributed by atoms with Gasteiger partial charge in [0.25, 0.3) is 0 Å². The molecule has 0 aliphatic rings. The van der Waals surface area contributed by atoms with Gasteiger partial charge >= 0.3 is 0 Å².